The number of aryl methyl sites for hydroxylation is 1. The number of benzene rings is 4. The van der Waals surface area contributed by atoms with Crippen LogP contribution >= 0.6 is 0 Å². The van der Waals surface area contributed by atoms with Gasteiger partial charge in [-0.3, -0.25) is 78.2 Å². The number of aromatic nitrogens is 10. The average molecular weight is 1720 g/mol. The summed E-state index contributed by atoms with van der Waals surface area (Å²) in [5.74, 6) is -3.92. The number of piperazine rings is 2. The summed E-state index contributed by atoms with van der Waals surface area (Å²) in [4.78, 5) is 175. The van der Waals surface area contributed by atoms with Crippen molar-refractivity contribution in [2.45, 2.75) is 142 Å². The Kier molecular flexibility index (Phi) is 26.2. The number of carbonyl (C=O) groups is 9. The van der Waals surface area contributed by atoms with E-state index in [1.807, 2.05) is 51.1 Å². The van der Waals surface area contributed by atoms with Gasteiger partial charge in [0.1, 0.15) is 45.5 Å². The Morgan fingerprint density at radius 3 is 1.38 bits per heavy atom. The van der Waals surface area contributed by atoms with Gasteiger partial charge in [0.05, 0.1) is 46.7 Å². The van der Waals surface area contributed by atoms with Gasteiger partial charge >= 0.3 is 6.09 Å². The number of anilines is 6. The summed E-state index contributed by atoms with van der Waals surface area (Å²) in [6.07, 6.45) is 9.49. The van der Waals surface area contributed by atoms with E-state index in [1.54, 1.807) is 97.7 Å². The first kappa shape index (κ1) is 88.5. The summed E-state index contributed by atoms with van der Waals surface area (Å²) < 4.78 is 25.2. The van der Waals surface area contributed by atoms with Crippen molar-refractivity contribution < 1.29 is 62.5 Å². The smallest absolute Gasteiger partial charge is 0.407 e. The van der Waals surface area contributed by atoms with Crippen LogP contribution < -0.4 is 47.5 Å². The number of rotatable bonds is 25. The van der Waals surface area contributed by atoms with Gasteiger partial charge in [0.25, 0.3) is 34.7 Å². The van der Waals surface area contributed by atoms with Gasteiger partial charge in [0.15, 0.2) is 22.9 Å². The highest BCUT2D eigenvalue weighted by Crippen LogP contribution is 2.34. The molecule has 0 radical (unpaired) electrons. The number of aliphatic hydroxyl groups is 2. The van der Waals surface area contributed by atoms with Crippen LogP contribution in [0.25, 0.3) is 33.7 Å². The number of amides is 9. The summed E-state index contributed by atoms with van der Waals surface area (Å²) in [5, 5.41) is 35.5. The molecular weight excluding hydrogens is 1620 g/mol. The largest absolute Gasteiger partial charge is 0.444 e. The Balaban J connectivity index is 0.000000170. The fraction of sp³-hybridized carbons (Fsp3) is 0.367. The molecule has 4 fully saturated rings. The first-order valence-corrected chi connectivity index (χ1v) is 41.8. The summed E-state index contributed by atoms with van der Waals surface area (Å²) in [6.45, 7) is 30.0. The molecule has 0 spiro atoms. The van der Waals surface area contributed by atoms with E-state index >= 15 is 0 Å². The van der Waals surface area contributed by atoms with Crippen LogP contribution in [0.2, 0.25) is 0 Å². The van der Waals surface area contributed by atoms with E-state index in [9.17, 15) is 67.3 Å². The molecule has 0 bridgehead atoms. The van der Waals surface area contributed by atoms with Crippen molar-refractivity contribution in [2.24, 2.45) is 0 Å². The molecule has 36 heteroatoms. The maximum absolute atomic E-state index is 13.7. The van der Waals surface area contributed by atoms with Crippen molar-refractivity contribution in [1.82, 2.24) is 84.2 Å². The number of halogens is 1. The van der Waals surface area contributed by atoms with E-state index in [0.717, 1.165) is 129 Å². The predicted molar refractivity (Wildman–Crippen MR) is 467 cm³/mol. The van der Waals surface area contributed by atoms with Gasteiger partial charge in [0, 0.05) is 107 Å². The van der Waals surface area contributed by atoms with Crippen molar-refractivity contribution in [3.63, 3.8) is 0 Å². The highest BCUT2D eigenvalue weighted by Gasteiger charge is 2.48. The van der Waals surface area contributed by atoms with E-state index in [2.05, 4.69) is 104 Å². The third-order valence-electron chi connectivity index (χ3n) is 22.3. The summed E-state index contributed by atoms with van der Waals surface area (Å²) in [6, 6.07) is 33.8. The van der Waals surface area contributed by atoms with Crippen LogP contribution in [0, 0.1) is 5.82 Å². The minimum Gasteiger partial charge on any atom is -0.444 e. The van der Waals surface area contributed by atoms with Crippen molar-refractivity contribution >= 4 is 110 Å². The zero-order chi connectivity index (χ0) is 89.6. The van der Waals surface area contributed by atoms with Gasteiger partial charge in [0.2, 0.25) is 35.5 Å². The number of carbonyl (C=O) groups excluding carboxylic acids is 9. The molecule has 6 aromatic heterocycles. The second-order valence-electron chi connectivity index (χ2n) is 33.4. The van der Waals surface area contributed by atoms with E-state index in [-0.39, 0.29) is 67.1 Å². The lowest BCUT2D eigenvalue weighted by atomic mass is 9.98. The number of piperidine rings is 2. The standard InChI is InChI=1S/C43H46N10O6.C34H45N9O4.C13H9FN2O4/c1-4-20-51-39(56)31-26-44-42(48-37(31)53(51)34-13-8-12-33(46-34)43(2,3)59)45-28-14-16-29(17-15-28)50-24-22-49(23-25-50)21-6-5-9-27-10-7-11-30-36(27)41(58)52(40(30)57)32-18-19-35(54)47-38(32)55;1-7-17-42-30(44)26-23-36-31(39-29(26)43(42)28-11-8-10-27(38-28)34(5,6)46)37-24-12-14-25(15-13-24)41-21-19-40(20-22-41)18-9-16-35-32(45)47-33(2,3)4;14-7-3-1-2-6-10(7)13(20)16(12(6)19)8-4-5-9(17)15-11(8)18/h4,7-8,10-17,26,32,59H,1,5-6,9,18-25H2,2-3H3,(H,44,45,48)(H,47,54,55);7-8,10-15,23,46H,1,9,16-22H2,2-6H3,(H,35,45)(H,36,37,39);1-3,8H,4-5H2,(H,15,17,18). The summed E-state index contributed by atoms with van der Waals surface area (Å²) in [5.41, 5.74) is 3.26. The normalized spacial score (nSPS) is 17.0. The highest BCUT2D eigenvalue weighted by molar-refractivity contribution is 6.25. The minimum atomic E-state index is -1.18. The number of nitrogens with zero attached hydrogens (tertiary/aromatic N) is 16. The highest BCUT2D eigenvalue weighted by atomic mass is 19.1. The van der Waals surface area contributed by atoms with Crippen molar-refractivity contribution in [2.75, 3.05) is 92.4 Å². The van der Waals surface area contributed by atoms with Crippen LogP contribution in [0.4, 0.5) is 43.8 Å². The van der Waals surface area contributed by atoms with Gasteiger partial charge in [-0.1, -0.05) is 42.5 Å². The molecule has 126 heavy (non-hydrogen) atoms. The molecule has 9 amide bonds. The Morgan fingerprint density at radius 2 is 0.952 bits per heavy atom. The van der Waals surface area contributed by atoms with Crippen LogP contribution in [0.1, 0.15) is 152 Å². The number of allylic oxidation sites excluding steroid dienone is 2. The molecule has 2 atom stereocenters. The third kappa shape index (κ3) is 19.5. The monoisotopic (exact) mass is 1720 g/mol. The molecule has 12 heterocycles. The van der Waals surface area contributed by atoms with Crippen molar-refractivity contribution in [3.05, 3.63) is 225 Å². The van der Waals surface area contributed by atoms with Gasteiger partial charge in [-0.15, -0.1) is 13.2 Å². The van der Waals surface area contributed by atoms with E-state index < -0.39 is 82.0 Å². The minimum absolute atomic E-state index is 0.0340. The van der Waals surface area contributed by atoms with Crippen LogP contribution in [-0.4, -0.2) is 221 Å². The fourth-order valence-electron chi connectivity index (χ4n) is 15.9. The molecule has 656 valence electrons. The van der Waals surface area contributed by atoms with E-state index in [1.165, 1.54) is 33.9 Å². The van der Waals surface area contributed by atoms with Crippen LogP contribution in [-0.2, 0) is 54.6 Å². The lowest BCUT2D eigenvalue weighted by Crippen LogP contribution is -2.54. The second-order valence-corrected chi connectivity index (χ2v) is 33.4. The van der Waals surface area contributed by atoms with Gasteiger partial charge in [-0.2, -0.15) is 9.97 Å². The lowest BCUT2D eigenvalue weighted by molar-refractivity contribution is -0.137. The summed E-state index contributed by atoms with van der Waals surface area (Å²) >= 11 is 0. The molecule has 16 rings (SSSR count). The number of unbranched alkanes of at least 4 members (excludes halogenated alkanes) is 1. The number of imide groups is 4. The molecule has 2 unspecified atom stereocenters. The predicted octanol–water partition coefficient (Wildman–Crippen LogP) is 8.08. The molecule has 0 saturated carbocycles. The number of alkyl carbamates (subject to hydrolysis) is 1. The number of fused-ring (bicyclic) bond motifs is 4. The molecule has 6 aliphatic heterocycles. The zero-order valence-electron chi connectivity index (χ0n) is 71.1. The zero-order valence-corrected chi connectivity index (χ0v) is 71.1. The number of hydrogen-bond donors (Lipinski definition) is 7. The van der Waals surface area contributed by atoms with Crippen LogP contribution in [0.5, 0.6) is 0 Å². The fourth-order valence-corrected chi connectivity index (χ4v) is 15.9. The molecule has 0 aliphatic carbocycles. The Bertz CT molecular complexity index is 6030. The van der Waals surface area contributed by atoms with Gasteiger partial charge in [-0.25, -0.2) is 47.8 Å². The van der Waals surface area contributed by atoms with Crippen molar-refractivity contribution in [3.8, 4) is 11.6 Å². The second kappa shape index (κ2) is 37.3. The Hall–Kier alpha value is -13.8. The van der Waals surface area contributed by atoms with Crippen LogP contribution in [0.15, 0.2) is 169 Å². The van der Waals surface area contributed by atoms with Crippen molar-refractivity contribution in [1.29, 1.82) is 0 Å². The van der Waals surface area contributed by atoms with Gasteiger partial charge in [-0.05, 0) is 197 Å². The van der Waals surface area contributed by atoms with Crippen LogP contribution in [0.3, 0.4) is 0 Å². The maximum Gasteiger partial charge on any atom is 0.407 e. The topological polar surface area (TPSA) is 414 Å². The van der Waals surface area contributed by atoms with Gasteiger partial charge < -0.3 is 40.7 Å². The first-order chi connectivity index (χ1) is 60.2. The molecule has 35 nitrogen and oxygen atoms in total. The SMILES string of the molecule is C=CCn1c(=O)c2cnc(Nc3ccc(N4CCN(CCCCc5cccc6c5C(=O)N(C5CCC(=O)NC5=O)C6=O)CC4)cc3)nc2n1-c1cccc(C(C)(C)O)n1.C=CCn1c(=O)c2cnc(Nc3ccc(N4CCN(CCCNC(=O)OC(C)(C)C)CC4)cc3)nc2n1-c1cccc(C(C)(C)O)n1.O=C1CCC(N2C(=O)c3cccc(F)c3C2=O)C(=O)N1. The average Bonchev–Trinajstić information content (AvgIpc) is 1.62. The molecule has 6 aliphatic rings. The molecule has 10 aromatic rings. The van der Waals surface area contributed by atoms with E-state index in [0.29, 0.717) is 81.1 Å². The van der Waals surface area contributed by atoms with E-state index in [4.69, 9.17) is 14.7 Å². The quantitative estimate of drug-likeness (QED) is 0.0161. The first-order valence-electron chi connectivity index (χ1n) is 41.8. The summed E-state index contributed by atoms with van der Waals surface area (Å²) in [7, 11) is 0. The Labute approximate surface area is 723 Å². The molecule has 4 aromatic carbocycles. The maximum atomic E-state index is 13.7. The molecule has 4 saturated heterocycles. The molecular formula is C90H100FN21O14. The number of hydrogen-bond acceptors (Lipinski definition) is 26. The molecule has 7 N–H and O–H groups in total. The number of nitrogens with one attached hydrogen (secondary N) is 5. The third-order valence-corrected chi connectivity index (χ3v) is 22.3. The Morgan fingerprint density at radius 1 is 0.524 bits per heavy atom. The number of pyridine rings is 2. The lowest BCUT2D eigenvalue weighted by Gasteiger charge is -2.36. The number of ether oxygens (including phenoxy) is 1.